The standard InChI is InChI=1S/C19H24N2O2/c1-23-14-8-6-13(7-9-14)19(22)10-17-15-4-2-3-5-16(15)18-11-20-12-21(17)18/h2-5,11-14,17,19,22H,6-10H2,1H3. The minimum atomic E-state index is -0.265. The van der Waals surface area contributed by atoms with Crippen molar-refractivity contribution in [2.24, 2.45) is 5.92 Å². The van der Waals surface area contributed by atoms with Crippen molar-refractivity contribution in [2.45, 2.75) is 50.4 Å². The average Bonchev–Trinajstić information content (AvgIpc) is 3.18. The van der Waals surface area contributed by atoms with E-state index in [0.29, 0.717) is 12.0 Å². The third-order valence-electron chi connectivity index (χ3n) is 5.66. The van der Waals surface area contributed by atoms with Gasteiger partial charge in [-0.15, -0.1) is 0 Å². The molecule has 1 saturated carbocycles. The number of aromatic nitrogens is 2. The number of methoxy groups -OCH3 is 1. The lowest BCUT2D eigenvalue weighted by molar-refractivity contribution is 0.0134. The summed E-state index contributed by atoms with van der Waals surface area (Å²) >= 11 is 0. The van der Waals surface area contributed by atoms with E-state index in [9.17, 15) is 5.11 Å². The minimum Gasteiger partial charge on any atom is -0.393 e. The van der Waals surface area contributed by atoms with Crippen molar-refractivity contribution in [3.05, 3.63) is 42.4 Å². The van der Waals surface area contributed by atoms with E-state index in [4.69, 9.17) is 4.74 Å². The first kappa shape index (κ1) is 14.9. The zero-order valence-electron chi connectivity index (χ0n) is 13.6. The number of hydrogen-bond donors (Lipinski definition) is 1. The van der Waals surface area contributed by atoms with Crippen molar-refractivity contribution in [1.82, 2.24) is 9.55 Å². The van der Waals surface area contributed by atoms with Crippen molar-refractivity contribution >= 4 is 0 Å². The highest BCUT2D eigenvalue weighted by atomic mass is 16.5. The zero-order valence-corrected chi connectivity index (χ0v) is 13.6. The Hall–Kier alpha value is -1.65. The van der Waals surface area contributed by atoms with Crippen LogP contribution in [0.4, 0.5) is 0 Å². The molecule has 0 spiro atoms. The first-order valence-corrected chi connectivity index (χ1v) is 8.60. The average molecular weight is 312 g/mol. The number of aliphatic hydroxyl groups is 1. The molecule has 4 nitrogen and oxygen atoms in total. The van der Waals surface area contributed by atoms with Crippen LogP contribution in [0.1, 0.15) is 43.7 Å². The summed E-state index contributed by atoms with van der Waals surface area (Å²) in [6, 6.07) is 8.70. The van der Waals surface area contributed by atoms with Crippen LogP contribution in [0.15, 0.2) is 36.8 Å². The van der Waals surface area contributed by atoms with Gasteiger partial charge in [-0.25, -0.2) is 4.98 Å². The molecule has 122 valence electrons. The Morgan fingerprint density at radius 2 is 2.04 bits per heavy atom. The Bertz CT molecular complexity index is 674. The van der Waals surface area contributed by atoms with E-state index in [2.05, 4.69) is 33.8 Å². The molecule has 2 unspecified atom stereocenters. The van der Waals surface area contributed by atoms with Gasteiger partial charge in [0.15, 0.2) is 0 Å². The molecule has 1 aliphatic carbocycles. The summed E-state index contributed by atoms with van der Waals surface area (Å²) in [4.78, 5) is 4.30. The molecule has 2 heterocycles. The monoisotopic (exact) mass is 312 g/mol. The Labute approximate surface area is 137 Å². The lowest BCUT2D eigenvalue weighted by Gasteiger charge is -2.32. The molecule has 0 bridgehead atoms. The minimum absolute atomic E-state index is 0.207. The topological polar surface area (TPSA) is 47.3 Å². The molecule has 1 aliphatic heterocycles. The van der Waals surface area contributed by atoms with Gasteiger partial charge in [0.25, 0.3) is 0 Å². The number of benzene rings is 1. The van der Waals surface area contributed by atoms with Gasteiger partial charge in [0.2, 0.25) is 0 Å². The summed E-state index contributed by atoms with van der Waals surface area (Å²) in [5.41, 5.74) is 3.74. The van der Waals surface area contributed by atoms with Crippen molar-refractivity contribution in [3.63, 3.8) is 0 Å². The maximum Gasteiger partial charge on any atom is 0.0956 e. The molecule has 1 aromatic carbocycles. The highest BCUT2D eigenvalue weighted by Gasteiger charge is 2.33. The number of hydrogen-bond acceptors (Lipinski definition) is 3. The molecule has 23 heavy (non-hydrogen) atoms. The maximum absolute atomic E-state index is 10.8. The van der Waals surface area contributed by atoms with E-state index >= 15 is 0 Å². The Morgan fingerprint density at radius 3 is 2.83 bits per heavy atom. The summed E-state index contributed by atoms with van der Waals surface area (Å²) in [6.07, 6.45) is 8.96. The molecule has 2 aliphatic rings. The highest BCUT2D eigenvalue weighted by Crippen LogP contribution is 2.42. The first-order chi connectivity index (χ1) is 11.3. The molecular weight excluding hydrogens is 288 g/mol. The van der Waals surface area contributed by atoms with Gasteiger partial charge in [-0.3, -0.25) is 0 Å². The Balaban J connectivity index is 1.51. The fourth-order valence-electron chi connectivity index (χ4n) is 4.30. The van der Waals surface area contributed by atoms with Crippen LogP contribution in [0.3, 0.4) is 0 Å². The van der Waals surface area contributed by atoms with Crippen LogP contribution in [0.25, 0.3) is 11.3 Å². The van der Waals surface area contributed by atoms with Crippen LogP contribution < -0.4 is 0 Å². The highest BCUT2D eigenvalue weighted by molar-refractivity contribution is 5.68. The van der Waals surface area contributed by atoms with E-state index in [1.807, 2.05) is 12.5 Å². The van der Waals surface area contributed by atoms with Gasteiger partial charge in [-0.2, -0.15) is 0 Å². The number of ether oxygens (including phenoxy) is 1. The molecule has 0 radical (unpaired) electrons. The SMILES string of the molecule is COC1CCC(C(O)CC2c3ccccc3-c3cncn32)CC1. The van der Waals surface area contributed by atoms with Gasteiger partial charge in [-0.1, -0.05) is 24.3 Å². The Kier molecular flexibility index (Phi) is 3.95. The first-order valence-electron chi connectivity index (χ1n) is 8.60. The van der Waals surface area contributed by atoms with E-state index in [-0.39, 0.29) is 12.1 Å². The fraction of sp³-hybridized carbons (Fsp3) is 0.526. The number of fused-ring (bicyclic) bond motifs is 3. The van der Waals surface area contributed by atoms with Crippen molar-refractivity contribution in [1.29, 1.82) is 0 Å². The second-order valence-electron chi connectivity index (χ2n) is 6.86. The van der Waals surface area contributed by atoms with Crippen molar-refractivity contribution in [3.8, 4) is 11.3 Å². The quantitative estimate of drug-likeness (QED) is 0.941. The number of nitrogens with zero attached hydrogens (tertiary/aromatic N) is 2. The summed E-state index contributed by atoms with van der Waals surface area (Å²) in [6.45, 7) is 0. The van der Waals surface area contributed by atoms with E-state index in [1.165, 1.54) is 16.8 Å². The largest absolute Gasteiger partial charge is 0.393 e. The van der Waals surface area contributed by atoms with E-state index < -0.39 is 0 Å². The van der Waals surface area contributed by atoms with E-state index in [1.54, 1.807) is 7.11 Å². The molecule has 4 heteroatoms. The molecule has 4 rings (SSSR count). The molecule has 2 aromatic rings. The van der Waals surface area contributed by atoms with Crippen molar-refractivity contribution < 1.29 is 9.84 Å². The number of rotatable bonds is 4. The molecule has 1 fully saturated rings. The lowest BCUT2D eigenvalue weighted by atomic mass is 9.81. The van der Waals surface area contributed by atoms with Crippen molar-refractivity contribution in [2.75, 3.05) is 7.11 Å². The molecule has 1 aromatic heterocycles. The lowest BCUT2D eigenvalue weighted by Crippen LogP contribution is -2.30. The van der Waals surface area contributed by atoms with Crippen LogP contribution in [0.2, 0.25) is 0 Å². The van der Waals surface area contributed by atoms with Crippen LogP contribution in [-0.4, -0.2) is 34.0 Å². The molecule has 1 N–H and O–H groups in total. The zero-order chi connectivity index (χ0) is 15.8. The fourth-order valence-corrected chi connectivity index (χ4v) is 4.30. The predicted octanol–water partition coefficient (Wildman–Crippen LogP) is 3.41. The number of aliphatic hydroxyl groups excluding tert-OH is 1. The van der Waals surface area contributed by atoms with Crippen LogP contribution >= 0.6 is 0 Å². The second kappa shape index (κ2) is 6.10. The van der Waals surface area contributed by atoms with Crippen LogP contribution in [-0.2, 0) is 4.74 Å². The second-order valence-corrected chi connectivity index (χ2v) is 6.86. The van der Waals surface area contributed by atoms with Crippen LogP contribution in [0.5, 0.6) is 0 Å². The molecule has 2 atom stereocenters. The molecular formula is C19H24N2O2. The van der Waals surface area contributed by atoms with Gasteiger partial charge in [0.1, 0.15) is 0 Å². The smallest absolute Gasteiger partial charge is 0.0956 e. The van der Waals surface area contributed by atoms with Gasteiger partial charge < -0.3 is 14.4 Å². The van der Waals surface area contributed by atoms with Gasteiger partial charge in [-0.05, 0) is 43.6 Å². The summed E-state index contributed by atoms with van der Waals surface area (Å²) < 4.78 is 7.66. The normalized spacial score (nSPS) is 27.5. The third-order valence-corrected chi connectivity index (χ3v) is 5.66. The summed E-state index contributed by atoms with van der Waals surface area (Å²) in [5.74, 6) is 0.390. The van der Waals surface area contributed by atoms with E-state index in [0.717, 1.165) is 32.1 Å². The maximum atomic E-state index is 10.8. The predicted molar refractivity (Wildman–Crippen MR) is 89.2 cm³/mol. The molecule has 0 saturated heterocycles. The van der Waals surface area contributed by atoms with Gasteiger partial charge >= 0.3 is 0 Å². The van der Waals surface area contributed by atoms with Gasteiger partial charge in [0, 0.05) is 12.7 Å². The summed E-state index contributed by atoms with van der Waals surface area (Å²) in [5, 5.41) is 10.8. The van der Waals surface area contributed by atoms with Crippen LogP contribution in [0, 0.1) is 5.92 Å². The molecule has 0 amide bonds. The number of imidazole rings is 1. The Morgan fingerprint density at radius 1 is 1.26 bits per heavy atom. The third kappa shape index (κ3) is 2.60. The summed E-state index contributed by atoms with van der Waals surface area (Å²) in [7, 11) is 1.79. The van der Waals surface area contributed by atoms with Gasteiger partial charge in [0.05, 0.1) is 36.5 Å².